The van der Waals surface area contributed by atoms with Gasteiger partial charge in [-0.05, 0) is 67.4 Å². The van der Waals surface area contributed by atoms with Crippen molar-refractivity contribution in [2.45, 2.75) is 32.8 Å². The second-order valence-corrected chi connectivity index (χ2v) is 10.4. The van der Waals surface area contributed by atoms with Gasteiger partial charge in [0.25, 0.3) is 5.91 Å². The summed E-state index contributed by atoms with van der Waals surface area (Å²) < 4.78 is 17.0. The Morgan fingerprint density at radius 1 is 1.19 bits per heavy atom. The van der Waals surface area contributed by atoms with Crippen LogP contribution in [0.5, 0.6) is 11.5 Å². The SMILES string of the molecule is CC[C@@H](C)Oc1c(Cl)cc(/C=C2\SC(=Nc3ccccc3)N(CCCN3CCOCC3)C2=O)cc1OC. The third kappa shape index (κ3) is 7.29. The van der Waals surface area contributed by atoms with Gasteiger partial charge in [0.2, 0.25) is 0 Å². The van der Waals surface area contributed by atoms with Crippen LogP contribution >= 0.6 is 23.4 Å². The molecule has 2 aliphatic heterocycles. The van der Waals surface area contributed by atoms with Crippen LogP contribution in [0.4, 0.5) is 5.69 Å². The van der Waals surface area contributed by atoms with Crippen LogP contribution in [-0.4, -0.2) is 73.5 Å². The average Bonchev–Trinajstić information content (AvgIpc) is 3.19. The van der Waals surface area contributed by atoms with Crippen LogP contribution in [0, 0.1) is 0 Å². The predicted molar refractivity (Wildman–Crippen MR) is 151 cm³/mol. The van der Waals surface area contributed by atoms with Crippen molar-refractivity contribution in [1.82, 2.24) is 9.80 Å². The second kappa shape index (κ2) is 13.3. The summed E-state index contributed by atoms with van der Waals surface area (Å²) in [6.07, 6.45) is 3.55. The molecule has 0 radical (unpaired) electrons. The molecular formula is C28H34ClN3O4S. The highest BCUT2D eigenvalue weighted by Gasteiger charge is 2.33. The normalized spacial score (nSPS) is 19.6. The largest absolute Gasteiger partial charge is 0.493 e. The highest BCUT2D eigenvalue weighted by molar-refractivity contribution is 8.18. The minimum Gasteiger partial charge on any atom is -0.493 e. The van der Waals surface area contributed by atoms with Gasteiger partial charge in [-0.1, -0.05) is 36.7 Å². The third-order valence-electron chi connectivity index (χ3n) is 6.27. The Bertz CT molecular complexity index is 1140. The van der Waals surface area contributed by atoms with E-state index >= 15 is 0 Å². The van der Waals surface area contributed by atoms with E-state index in [0.717, 1.165) is 56.9 Å². The Morgan fingerprint density at radius 3 is 2.65 bits per heavy atom. The van der Waals surface area contributed by atoms with E-state index in [2.05, 4.69) is 4.90 Å². The molecule has 2 saturated heterocycles. The van der Waals surface area contributed by atoms with Gasteiger partial charge < -0.3 is 14.2 Å². The lowest BCUT2D eigenvalue weighted by Gasteiger charge is -2.27. The lowest BCUT2D eigenvalue weighted by molar-refractivity contribution is -0.122. The van der Waals surface area contributed by atoms with Crippen molar-refractivity contribution >= 4 is 46.2 Å². The molecule has 2 fully saturated rings. The topological polar surface area (TPSA) is 63.6 Å². The van der Waals surface area contributed by atoms with Crippen molar-refractivity contribution in [2.75, 3.05) is 46.5 Å². The van der Waals surface area contributed by atoms with Gasteiger partial charge in [0.15, 0.2) is 16.7 Å². The molecular weight excluding hydrogens is 510 g/mol. The molecule has 1 amide bonds. The molecule has 7 nitrogen and oxygen atoms in total. The lowest BCUT2D eigenvalue weighted by Crippen LogP contribution is -2.38. The summed E-state index contributed by atoms with van der Waals surface area (Å²) in [5, 5.41) is 1.13. The molecule has 0 aliphatic carbocycles. The van der Waals surface area contributed by atoms with Crippen molar-refractivity contribution in [3.05, 3.63) is 58.0 Å². The number of nitrogens with zero attached hydrogens (tertiary/aromatic N) is 3. The molecule has 0 N–H and O–H groups in total. The quantitative estimate of drug-likeness (QED) is 0.350. The minimum absolute atomic E-state index is 0.00495. The monoisotopic (exact) mass is 543 g/mol. The number of hydrogen-bond acceptors (Lipinski definition) is 7. The lowest BCUT2D eigenvalue weighted by atomic mass is 10.1. The average molecular weight is 544 g/mol. The number of carbonyl (C=O) groups excluding carboxylic acids is 1. The van der Waals surface area contributed by atoms with Crippen LogP contribution in [0.15, 0.2) is 52.4 Å². The molecule has 0 aromatic heterocycles. The Kier molecular flexibility index (Phi) is 9.91. The first-order chi connectivity index (χ1) is 18.0. The highest BCUT2D eigenvalue weighted by atomic mass is 35.5. The molecule has 2 aromatic carbocycles. The number of halogens is 1. The van der Waals surface area contributed by atoms with Crippen LogP contribution in [0.2, 0.25) is 5.02 Å². The van der Waals surface area contributed by atoms with E-state index in [1.165, 1.54) is 11.8 Å². The number of amides is 1. The molecule has 198 valence electrons. The molecule has 0 spiro atoms. The number of thioether (sulfide) groups is 1. The molecule has 2 heterocycles. The van der Waals surface area contributed by atoms with Crippen LogP contribution in [0.25, 0.3) is 6.08 Å². The van der Waals surface area contributed by atoms with Gasteiger partial charge >= 0.3 is 0 Å². The summed E-state index contributed by atoms with van der Waals surface area (Å²) in [7, 11) is 1.59. The standard InChI is InChI=1S/C28H34ClN3O4S/c1-4-20(2)36-26-23(29)17-21(18-24(26)34-3)19-25-27(33)32(12-8-11-31-13-15-35-16-14-31)28(37-25)30-22-9-6-5-7-10-22/h5-7,9-10,17-20H,4,8,11-16H2,1-3H3/b25-19-,30-28?/t20-/m1/s1. The van der Waals surface area contributed by atoms with Gasteiger partial charge in [-0.2, -0.15) is 0 Å². The summed E-state index contributed by atoms with van der Waals surface area (Å²) in [6.45, 7) is 8.93. The van der Waals surface area contributed by atoms with Crippen LogP contribution < -0.4 is 9.47 Å². The molecule has 1 atom stereocenters. The number of morpholine rings is 1. The van der Waals surface area contributed by atoms with E-state index in [-0.39, 0.29) is 12.0 Å². The maximum atomic E-state index is 13.5. The van der Waals surface area contributed by atoms with E-state index in [1.54, 1.807) is 18.1 Å². The first kappa shape index (κ1) is 27.5. The predicted octanol–water partition coefficient (Wildman–Crippen LogP) is 5.85. The van der Waals surface area contributed by atoms with E-state index in [4.69, 9.17) is 30.8 Å². The molecule has 2 aliphatic rings. The number of hydrogen-bond donors (Lipinski definition) is 0. The number of methoxy groups -OCH3 is 1. The number of carbonyl (C=O) groups is 1. The summed E-state index contributed by atoms with van der Waals surface area (Å²) >= 11 is 7.95. The number of amidine groups is 1. The molecule has 4 rings (SSSR count). The molecule has 2 aromatic rings. The van der Waals surface area contributed by atoms with E-state index in [9.17, 15) is 4.79 Å². The van der Waals surface area contributed by atoms with Gasteiger partial charge in [0, 0.05) is 26.2 Å². The summed E-state index contributed by atoms with van der Waals surface area (Å²) in [5.74, 6) is 0.995. The number of para-hydroxylation sites is 1. The third-order valence-corrected chi connectivity index (χ3v) is 7.56. The molecule has 9 heteroatoms. The van der Waals surface area contributed by atoms with Crippen molar-refractivity contribution in [3.63, 3.8) is 0 Å². The number of ether oxygens (including phenoxy) is 3. The zero-order chi connectivity index (χ0) is 26.2. The molecule has 0 unspecified atom stereocenters. The number of aliphatic imine (C=N–C) groups is 1. The maximum Gasteiger partial charge on any atom is 0.266 e. The van der Waals surface area contributed by atoms with Gasteiger partial charge in [-0.15, -0.1) is 0 Å². The van der Waals surface area contributed by atoms with Crippen LogP contribution in [0.3, 0.4) is 0 Å². The summed E-state index contributed by atoms with van der Waals surface area (Å²) in [6, 6.07) is 13.4. The molecule has 0 bridgehead atoms. The second-order valence-electron chi connectivity index (χ2n) is 8.98. The van der Waals surface area contributed by atoms with Crippen molar-refractivity contribution < 1.29 is 19.0 Å². The first-order valence-electron chi connectivity index (χ1n) is 12.7. The van der Waals surface area contributed by atoms with Crippen molar-refractivity contribution in [2.24, 2.45) is 4.99 Å². The van der Waals surface area contributed by atoms with E-state index in [1.807, 2.05) is 56.3 Å². The van der Waals surface area contributed by atoms with E-state index in [0.29, 0.717) is 33.1 Å². The Hall–Kier alpha value is -2.52. The van der Waals surface area contributed by atoms with Crippen molar-refractivity contribution in [1.29, 1.82) is 0 Å². The van der Waals surface area contributed by atoms with Gasteiger partial charge in [-0.3, -0.25) is 14.6 Å². The maximum absolute atomic E-state index is 13.5. The fourth-order valence-corrected chi connectivity index (χ4v) is 5.34. The molecule has 0 saturated carbocycles. The fourth-order valence-electron chi connectivity index (χ4n) is 4.05. The van der Waals surface area contributed by atoms with Gasteiger partial charge in [0.05, 0.1) is 42.0 Å². The summed E-state index contributed by atoms with van der Waals surface area (Å²) in [5.41, 5.74) is 1.58. The fraction of sp³-hybridized carbons (Fsp3) is 0.429. The minimum atomic E-state index is -0.0586. The Balaban J connectivity index is 1.57. The van der Waals surface area contributed by atoms with Crippen LogP contribution in [-0.2, 0) is 9.53 Å². The van der Waals surface area contributed by atoms with Gasteiger partial charge in [0.1, 0.15) is 0 Å². The number of benzene rings is 2. The first-order valence-corrected chi connectivity index (χ1v) is 13.9. The Morgan fingerprint density at radius 2 is 1.95 bits per heavy atom. The number of rotatable bonds is 10. The van der Waals surface area contributed by atoms with Crippen molar-refractivity contribution in [3.8, 4) is 11.5 Å². The molecule has 37 heavy (non-hydrogen) atoms. The van der Waals surface area contributed by atoms with Gasteiger partial charge in [-0.25, -0.2) is 4.99 Å². The zero-order valence-electron chi connectivity index (χ0n) is 21.6. The van der Waals surface area contributed by atoms with Crippen LogP contribution in [0.1, 0.15) is 32.3 Å². The summed E-state index contributed by atoms with van der Waals surface area (Å²) in [4.78, 5) is 23.1. The zero-order valence-corrected chi connectivity index (χ0v) is 23.2. The smallest absolute Gasteiger partial charge is 0.266 e. The Labute approximate surface area is 228 Å². The highest BCUT2D eigenvalue weighted by Crippen LogP contribution is 2.40. The van der Waals surface area contributed by atoms with E-state index < -0.39 is 0 Å².